The number of nitrogens with zero attached hydrogens (tertiary/aromatic N) is 1. The van der Waals surface area contributed by atoms with Gasteiger partial charge in [0.05, 0.1) is 0 Å². The fraction of sp³-hybridized carbons (Fsp3) is 0.107. The van der Waals surface area contributed by atoms with Gasteiger partial charge in [-0.2, -0.15) is 0 Å². The van der Waals surface area contributed by atoms with Crippen LogP contribution in [0.1, 0.15) is 32.0 Å². The molecule has 3 N–H and O–H groups in total. The molecule has 0 radical (unpaired) electrons. The van der Waals surface area contributed by atoms with Gasteiger partial charge >= 0.3 is 0 Å². The van der Waals surface area contributed by atoms with Gasteiger partial charge < -0.3 is 15.8 Å². The molecule has 34 heavy (non-hydrogen) atoms. The highest BCUT2D eigenvalue weighted by molar-refractivity contribution is 6.00. The zero-order valence-electron chi connectivity index (χ0n) is 18.6. The van der Waals surface area contributed by atoms with Crippen molar-refractivity contribution in [3.63, 3.8) is 0 Å². The van der Waals surface area contributed by atoms with Gasteiger partial charge in [-0.1, -0.05) is 60.7 Å². The van der Waals surface area contributed by atoms with E-state index in [9.17, 15) is 9.59 Å². The highest BCUT2D eigenvalue weighted by Gasteiger charge is 2.12. The van der Waals surface area contributed by atoms with Crippen LogP contribution >= 0.6 is 0 Å². The lowest BCUT2D eigenvalue weighted by Gasteiger charge is -2.11. The monoisotopic (exact) mass is 451 g/mol. The third kappa shape index (κ3) is 5.86. The van der Waals surface area contributed by atoms with Crippen molar-refractivity contribution in [2.75, 3.05) is 6.54 Å². The van der Waals surface area contributed by atoms with E-state index in [0.29, 0.717) is 30.9 Å². The molecule has 1 aromatic heterocycles. The summed E-state index contributed by atoms with van der Waals surface area (Å²) in [4.78, 5) is 28.1. The first-order valence-electron chi connectivity index (χ1n) is 11.0. The third-order valence-electron chi connectivity index (χ3n) is 5.34. The van der Waals surface area contributed by atoms with Gasteiger partial charge in [0.15, 0.2) is 0 Å². The first kappa shape index (κ1) is 22.7. The molecule has 0 saturated heterocycles. The molecule has 4 aromatic rings. The van der Waals surface area contributed by atoms with Crippen LogP contribution in [0.3, 0.4) is 0 Å². The summed E-state index contributed by atoms with van der Waals surface area (Å²) in [7, 11) is 0. The molecule has 0 aliphatic heterocycles. The number of rotatable bonds is 9. The van der Waals surface area contributed by atoms with Crippen molar-refractivity contribution < 1.29 is 14.3 Å². The predicted octanol–water partition coefficient (Wildman–Crippen LogP) is 4.40. The largest absolute Gasteiger partial charge is 0.489 e. The van der Waals surface area contributed by atoms with E-state index in [4.69, 9.17) is 10.5 Å². The lowest BCUT2D eigenvalue weighted by atomic mass is 9.99. The van der Waals surface area contributed by atoms with E-state index in [0.717, 1.165) is 22.3 Å². The smallest absolute Gasteiger partial charge is 0.267 e. The molecule has 0 aliphatic carbocycles. The maximum atomic E-state index is 12.9. The quantitative estimate of drug-likeness (QED) is 0.394. The second-order valence-electron chi connectivity index (χ2n) is 7.77. The fourth-order valence-corrected chi connectivity index (χ4v) is 3.62. The highest BCUT2D eigenvalue weighted by Crippen LogP contribution is 2.23. The topological polar surface area (TPSA) is 94.3 Å². The number of nitrogens with two attached hydrogens (primary N) is 1. The summed E-state index contributed by atoms with van der Waals surface area (Å²) < 4.78 is 5.86. The maximum absolute atomic E-state index is 12.9. The van der Waals surface area contributed by atoms with Gasteiger partial charge in [-0.05, 0) is 59.0 Å². The minimum Gasteiger partial charge on any atom is -0.489 e. The second kappa shape index (κ2) is 10.9. The Morgan fingerprint density at radius 2 is 1.65 bits per heavy atom. The number of pyridine rings is 1. The number of hydrogen-bond acceptors (Lipinski definition) is 4. The van der Waals surface area contributed by atoms with E-state index in [1.165, 1.54) is 6.20 Å². The molecule has 6 nitrogen and oxygen atoms in total. The van der Waals surface area contributed by atoms with Crippen LogP contribution in [0.15, 0.2) is 97.2 Å². The molecule has 170 valence electrons. The minimum absolute atomic E-state index is 0.102. The molecular weight excluding hydrogens is 426 g/mol. The summed E-state index contributed by atoms with van der Waals surface area (Å²) in [6, 6.07) is 28.6. The predicted molar refractivity (Wildman–Crippen MR) is 131 cm³/mol. The summed E-state index contributed by atoms with van der Waals surface area (Å²) in [6.45, 7) is 0.789. The molecule has 0 aliphatic rings. The summed E-state index contributed by atoms with van der Waals surface area (Å²) >= 11 is 0. The molecule has 0 bridgehead atoms. The first-order chi connectivity index (χ1) is 16.6. The van der Waals surface area contributed by atoms with Crippen LogP contribution in [0, 0.1) is 0 Å². The number of carbonyl (C=O) groups excluding carboxylic acids is 2. The zero-order valence-corrected chi connectivity index (χ0v) is 18.6. The molecule has 4 rings (SSSR count). The van der Waals surface area contributed by atoms with Crippen molar-refractivity contribution in [3.8, 4) is 16.9 Å². The minimum atomic E-state index is -0.572. The lowest BCUT2D eigenvalue weighted by Crippen LogP contribution is -2.26. The Labute approximate surface area is 198 Å². The Balaban J connectivity index is 1.34. The highest BCUT2D eigenvalue weighted by atomic mass is 16.5. The van der Waals surface area contributed by atoms with Crippen LogP contribution < -0.4 is 15.8 Å². The van der Waals surface area contributed by atoms with Crippen molar-refractivity contribution in [2.24, 2.45) is 5.73 Å². The van der Waals surface area contributed by atoms with Gasteiger partial charge in [0.1, 0.15) is 18.1 Å². The number of hydrogen-bond donors (Lipinski definition) is 2. The average molecular weight is 452 g/mol. The van der Waals surface area contributed by atoms with Gasteiger partial charge in [-0.25, -0.2) is 0 Å². The van der Waals surface area contributed by atoms with Gasteiger partial charge in [-0.15, -0.1) is 0 Å². The summed E-state index contributed by atoms with van der Waals surface area (Å²) in [5, 5.41) is 3.02. The molecule has 6 heteroatoms. The molecule has 0 spiro atoms. The van der Waals surface area contributed by atoms with E-state index in [1.54, 1.807) is 12.1 Å². The molecule has 3 aromatic carbocycles. The molecule has 0 atom stereocenters. The van der Waals surface area contributed by atoms with Crippen LogP contribution in [0.25, 0.3) is 11.1 Å². The number of benzene rings is 3. The number of aromatic nitrogens is 1. The Bertz CT molecular complexity index is 1290. The van der Waals surface area contributed by atoms with Crippen molar-refractivity contribution in [1.29, 1.82) is 0 Å². The average Bonchev–Trinajstić information content (AvgIpc) is 2.88. The molecule has 0 fully saturated rings. The summed E-state index contributed by atoms with van der Waals surface area (Å²) in [5.74, 6) is 0.0303. The van der Waals surface area contributed by atoms with Crippen molar-refractivity contribution >= 4 is 11.8 Å². The van der Waals surface area contributed by atoms with Crippen LogP contribution in [0.5, 0.6) is 5.75 Å². The van der Waals surface area contributed by atoms with Crippen molar-refractivity contribution in [3.05, 3.63) is 120 Å². The van der Waals surface area contributed by atoms with Gasteiger partial charge in [0.2, 0.25) is 0 Å². The molecule has 0 unspecified atom stereocenters. The Kier molecular flexibility index (Phi) is 7.30. The number of amides is 2. The SMILES string of the molecule is NC(=O)c1cc(COc2cccc(CCNC(=O)c3ccccc3-c3ccccc3)c2)ccn1. The van der Waals surface area contributed by atoms with Crippen LogP contribution in [0.2, 0.25) is 0 Å². The Morgan fingerprint density at radius 1 is 0.853 bits per heavy atom. The number of nitrogens with one attached hydrogen (secondary N) is 1. The third-order valence-corrected chi connectivity index (χ3v) is 5.34. The number of carbonyl (C=O) groups is 2. The van der Waals surface area contributed by atoms with E-state index in [2.05, 4.69) is 10.3 Å². The fourth-order valence-electron chi connectivity index (χ4n) is 3.62. The summed E-state index contributed by atoms with van der Waals surface area (Å²) in [6.07, 6.45) is 2.20. The summed E-state index contributed by atoms with van der Waals surface area (Å²) in [5.41, 5.74) is 9.91. The van der Waals surface area contributed by atoms with Gasteiger partial charge in [-0.3, -0.25) is 14.6 Å². The Morgan fingerprint density at radius 3 is 2.47 bits per heavy atom. The van der Waals surface area contributed by atoms with Gasteiger partial charge in [0.25, 0.3) is 11.8 Å². The lowest BCUT2D eigenvalue weighted by molar-refractivity contribution is 0.0953. The van der Waals surface area contributed by atoms with E-state index in [-0.39, 0.29) is 11.6 Å². The van der Waals surface area contributed by atoms with Crippen LogP contribution in [0.4, 0.5) is 0 Å². The van der Waals surface area contributed by atoms with Crippen molar-refractivity contribution in [2.45, 2.75) is 13.0 Å². The number of primary amides is 1. The second-order valence-corrected chi connectivity index (χ2v) is 7.77. The van der Waals surface area contributed by atoms with E-state index in [1.807, 2.05) is 78.9 Å². The van der Waals surface area contributed by atoms with Crippen LogP contribution in [-0.2, 0) is 13.0 Å². The maximum Gasteiger partial charge on any atom is 0.267 e. The van der Waals surface area contributed by atoms with Crippen LogP contribution in [-0.4, -0.2) is 23.3 Å². The molecule has 2 amide bonds. The van der Waals surface area contributed by atoms with E-state index >= 15 is 0 Å². The number of ether oxygens (including phenoxy) is 1. The molecule has 0 saturated carbocycles. The zero-order chi connectivity index (χ0) is 23.8. The first-order valence-corrected chi connectivity index (χ1v) is 11.0. The van der Waals surface area contributed by atoms with Crippen molar-refractivity contribution in [1.82, 2.24) is 10.3 Å². The molecule has 1 heterocycles. The standard InChI is InChI=1S/C28H25N3O3/c29-27(32)26-18-21(14-15-30-26)19-34-23-10-6-7-20(17-23)13-16-31-28(33)25-12-5-4-11-24(25)22-8-2-1-3-9-22/h1-12,14-15,17-18H,13,16,19H2,(H2,29,32)(H,31,33). The van der Waals surface area contributed by atoms with E-state index < -0.39 is 5.91 Å². The Hall–Kier alpha value is -4.45. The molecular formula is C28H25N3O3. The normalized spacial score (nSPS) is 10.5. The van der Waals surface area contributed by atoms with Gasteiger partial charge in [0, 0.05) is 18.3 Å².